The lowest BCUT2D eigenvalue weighted by atomic mass is 9.96. The zero-order valence-corrected chi connectivity index (χ0v) is 12.6. The molecule has 1 fully saturated rings. The average molecular weight is 359 g/mol. The summed E-state index contributed by atoms with van der Waals surface area (Å²) in [7, 11) is 0. The number of hydrogen-bond acceptors (Lipinski definition) is 8. The molecule has 1 amide bonds. The smallest absolute Gasteiger partial charge is 0.463 e. The van der Waals surface area contributed by atoms with E-state index in [9.17, 15) is 37.8 Å². The van der Waals surface area contributed by atoms with E-state index in [0.29, 0.717) is 0 Å². The number of nitrogens with one attached hydrogen (secondary N) is 1. The molecule has 0 aromatic rings. The lowest BCUT2D eigenvalue weighted by Crippen LogP contribution is -2.66. The van der Waals surface area contributed by atoms with Gasteiger partial charge in [-0.2, -0.15) is 13.2 Å². The fourth-order valence-corrected chi connectivity index (χ4v) is 1.99. The molecule has 0 aliphatic carbocycles. The lowest BCUT2D eigenvalue weighted by Gasteiger charge is -2.42. The van der Waals surface area contributed by atoms with E-state index in [-0.39, 0.29) is 0 Å². The van der Waals surface area contributed by atoms with Crippen LogP contribution in [-0.4, -0.2) is 71.5 Å². The first-order chi connectivity index (χ1) is 10.9. The monoisotopic (exact) mass is 359 g/mol. The van der Waals surface area contributed by atoms with Gasteiger partial charge in [0.1, 0.15) is 24.9 Å². The van der Waals surface area contributed by atoms with Gasteiger partial charge in [-0.1, -0.05) is 0 Å². The van der Waals surface area contributed by atoms with Crippen molar-refractivity contribution in [3.63, 3.8) is 0 Å². The number of alkyl halides is 3. The topological polar surface area (TPSA) is 131 Å². The Labute approximate surface area is 133 Å². The summed E-state index contributed by atoms with van der Waals surface area (Å²) in [5, 5.41) is 21.1. The maximum Gasteiger partial charge on any atom is 0.471 e. The number of ether oxygens (including phenoxy) is 3. The van der Waals surface area contributed by atoms with Gasteiger partial charge in [0.15, 0.2) is 12.4 Å². The van der Waals surface area contributed by atoms with Crippen LogP contribution in [0.4, 0.5) is 13.2 Å². The summed E-state index contributed by atoms with van der Waals surface area (Å²) in [5.74, 6) is -4.07. The number of hydrogen-bond donors (Lipinski definition) is 3. The van der Waals surface area contributed by atoms with E-state index >= 15 is 0 Å². The molecular formula is C12H16F3NO8. The second-order valence-electron chi connectivity index (χ2n) is 4.93. The second-order valence-corrected chi connectivity index (χ2v) is 4.93. The minimum Gasteiger partial charge on any atom is -0.463 e. The highest BCUT2D eigenvalue weighted by Crippen LogP contribution is 2.24. The summed E-state index contributed by atoms with van der Waals surface area (Å²) in [6, 6.07) is -1.92. The third-order valence-corrected chi connectivity index (χ3v) is 3.00. The third-order valence-electron chi connectivity index (χ3n) is 3.00. The first-order valence-corrected chi connectivity index (χ1v) is 6.63. The van der Waals surface area contributed by atoms with Gasteiger partial charge in [-0.25, -0.2) is 0 Å². The van der Waals surface area contributed by atoms with Crippen molar-refractivity contribution < 1.29 is 52.0 Å². The number of halogens is 3. The van der Waals surface area contributed by atoms with Crippen molar-refractivity contribution >= 4 is 17.8 Å². The molecule has 1 rings (SSSR count). The van der Waals surface area contributed by atoms with Gasteiger partial charge in [0, 0.05) is 13.8 Å². The molecule has 0 aromatic heterocycles. The molecule has 1 aliphatic heterocycles. The summed E-state index contributed by atoms with van der Waals surface area (Å²) in [5.41, 5.74) is 0. The van der Waals surface area contributed by atoms with Gasteiger partial charge in [0.2, 0.25) is 0 Å². The van der Waals surface area contributed by atoms with Gasteiger partial charge in [-0.15, -0.1) is 0 Å². The molecule has 0 aromatic carbocycles. The molecule has 0 saturated carbocycles. The Morgan fingerprint density at radius 2 is 1.75 bits per heavy atom. The number of amides is 1. The highest BCUT2D eigenvalue weighted by molar-refractivity contribution is 5.82. The van der Waals surface area contributed by atoms with Gasteiger partial charge < -0.3 is 29.7 Å². The van der Waals surface area contributed by atoms with Crippen molar-refractivity contribution in [2.75, 3.05) is 6.61 Å². The van der Waals surface area contributed by atoms with Crippen molar-refractivity contribution in [1.29, 1.82) is 0 Å². The minimum absolute atomic E-state index is 0.540. The highest BCUT2D eigenvalue weighted by atomic mass is 19.4. The van der Waals surface area contributed by atoms with Crippen LogP contribution < -0.4 is 5.32 Å². The van der Waals surface area contributed by atoms with Crippen molar-refractivity contribution in [3.05, 3.63) is 0 Å². The largest absolute Gasteiger partial charge is 0.471 e. The van der Waals surface area contributed by atoms with Crippen LogP contribution in [0.25, 0.3) is 0 Å². The van der Waals surface area contributed by atoms with Gasteiger partial charge in [-0.3, -0.25) is 14.4 Å². The van der Waals surface area contributed by atoms with Crippen LogP contribution in [0.1, 0.15) is 13.8 Å². The minimum atomic E-state index is -5.26. The molecule has 24 heavy (non-hydrogen) atoms. The van der Waals surface area contributed by atoms with Crippen molar-refractivity contribution in [1.82, 2.24) is 5.32 Å². The van der Waals surface area contributed by atoms with E-state index in [1.54, 1.807) is 0 Å². The van der Waals surface area contributed by atoms with Crippen molar-refractivity contribution in [3.8, 4) is 0 Å². The van der Waals surface area contributed by atoms with Gasteiger partial charge in [0.05, 0.1) is 0 Å². The molecule has 0 spiro atoms. The van der Waals surface area contributed by atoms with Crippen LogP contribution >= 0.6 is 0 Å². The van der Waals surface area contributed by atoms with Gasteiger partial charge in [-0.05, 0) is 0 Å². The predicted octanol–water partition coefficient (Wildman–Crippen LogP) is -1.39. The van der Waals surface area contributed by atoms with E-state index in [0.717, 1.165) is 13.8 Å². The second kappa shape index (κ2) is 7.77. The van der Waals surface area contributed by atoms with Crippen LogP contribution in [-0.2, 0) is 28.6 Å². The normalized spacial score (nSPS) is 30.4. The molecule has 1 heterocycles. The van der Waals surface area contributed by atoms with E-state index in [1.165, 1.54) is 5.32 Å². The van der Waals surface area contributed by atoms with Gasteiger partial charge >= 0.3 is 24.0 Å². The van der Waals surface area contributed by atoms with Crippen molar-refractivity contribution in [2.45, 2.75) is 50.7 Å². The van der Waals surface area contributed by atoms with Crippen LogP contribution in [0.5, 0.6) is 0 Å². The number of aliphatic hydroxyl groups excluding tert-OH is 2. The van der Waals surface area contributed by atoms with E-state index in [1.807, 2.05) is 0 Å². The molecule has 9 nitrogen and oxygen atoms in total. The van der Waals surface area contributed by atoms with E-state index < -0.39 is 61.3 Å². The Morgan fingerprint density at radius 1 is 1.17 bits per heavy atom. The molecule has 138 valence electrons. The third kappa shape index (κ3) is 5.32. The number of aliphatic hydroxyl groups is 2. The van der Waals surface area contributed by atoms with Crippen LogP contribution in [0.15, 0.2) is 0 Å². The number of carbonyl (C=O) groups excluding carboxylic acids is 3. The first-order valence-electron chi connectivity index (χ1n) is 6.63. The molecule has 0 radical (unpaired) electrons. The number of esters is 2. The summed E-state index contributed by atoms with van der Waals surface area (Å²) in [6.45, 7) is 1.48. The summed E-state index contributed by atoms with van der Waals surface area (Å²) in [4.78, 5) is 32.8. The average Bonchev–Trinajstić information content (AvgIpc) is 2.42. The van der Waals surface area contributed by atoms with Gasteiger partial charge in [0.25, 0.3) is 0 Å². The molecule has 0 bridgehead atoms. The molecular weight excluding hydrogens is 343 g/mol. The Kier molecular flexibility index (Phi) is 6.51. The SMILES string of the molecule is CC(=O)OC[C@H]1OC(O)[C@H](NC(=O)C(F)(F)F)[C@@H](O)[C@@H]1OC(C)=O. The van der Waals surface area contributed by atoms with Crippen LogP contribution in [0, 0.1) is 0 Å². The Balaban J connectivity index is 2.93. The fraction of sp³-hybridized carbons (Fsp3) is 0.750. The first kappa shape index (κ1) is 20.1. The summed E-state index contributed by atoms with van der Waals surface area (Å²) < 4.78 is 51.1. The molecule has 1 aliphatic rings. The Hall–Kier alpha value is -1.92. The molecule has 12 heteroatoms. The highest BCUT2D eigenvalue weighted by Gasteiger charge is 2.50. The van der Waals surface area contributed by atoms with Crippen LogP contribution in [0.3, 0.4) is 0 Å². The quantitative estimate of drug-likeness (QED) is 0.523. The summed E-state index contributed by atoms with van der Waals surface area (Å²) >= 11 is 0. The summed E-state index contributed by atoms with van der Waals surface area (Å²) in [6.07, 6.45) is -12.2. The van der Waals surface area contributed by atoms with Crippen LogP contribution in [0.2, 0.25) is 0 Å². The zero-order valence-electron chi connectivity index (χ0n) is 12.6. The zero-order chi connectivity index (χ0) is 18.7. The molecule has 3 N–H and O–H groups in total. The fourth-order valence-electron chi connectivity index (χ4n) is 1.99. The molecule has 1 saturated heterocycles. The maximum absolute atomic E-state index is 12.3. The predicted molar refractivity (Wildman–Crippen MR) is 67.1 cm³/mol. The van der Waals surface area contributed by atoms with E-state index in [4.69, 9.17) is 9.47 Å². The number of rotatable bonds is 4. The van der Waals surface area contributed by atoms with Crippen molar-refractivity contribution in [2.24, 2.45) is 0 Å². The molecule has 1 unspecified atom stereocenters. The Morgan fingerprint density at radius 3 is 2.21 bits per heavy atom. The Bertz CT molecular complexity index is 497. The lowest BCUT2D eigenvalue weighted by molar-refractivity contribution is -0.262. The maximum atomic E-state index is 12.3. The number of carbonyl (C=O) groups is 3. The van der Waals surface area contributed by atoms with E-state index in [2.05, 4.69) is 4.74 Å². The standard InChI is InChI=1S/C12H16F3NO8/c1-4(17)22-3-6-9(23-5(2)18)8(19)7(10(20)24-6)16-11(21)12(13,14)15/h6-10,19-20H,3H2,1-2H3,(H,16,21)/t6-,7-,8-,9-,10?/m1/s1. The molecule has 5 atom stereocenters.